The van der Waals surface area contributed by atoms with Crippen LogP contribution in [0.2, 0.25) is 5.15 Å². The van der Waals surface area contributed by atoms with Crippen LogP contribution in [0.1, 0.15) is 17.0 Å². The molecule has 12 heteroatoms. The van der Waals surface area contributed by atoms with Gasteiger partial charge in [-0.3, -0.25) is 10.6 Å². The van der Waals surface area contributed by atoms with Crippen LogP contribution < -0.4 is 21.1 Å². The lowest BCUT2D eigenvalue weighted by Gasteiger charge is -2.50. The molecule has 196 valence electrons. The average molecular weight is 535 g/mol. The van der Waals surface area contributed by atoms with Crippen molar-refractivity contribution >= 4 is 17.3 Å². The zero-order valence-corrected chi connectivity index (χ0v) is 20.9. The van der Waals surface area contributed by atoms with Crippen molar-refractivity contribution in [3.63, 3.8) is 0 Å². The zero-order valence-electron chi connectivity index (χ0n) is 20.1. The molecule has 5 rings (SSSR count). The highest BCUT2D eigenvalue weighted by Crippen LogP contribution is 2.43. The predicted octanol–water partition coefficient (Wildman–Crippen LogP) is 3.90. The number of rotatable bonds is 4. The molecular formula is C25H26ClF3N6O2. The molecule has 0 bridgehead atoms. The largest absolute Gasteiger partial charge is 0.494 e. The van der Waals surface area contributed by atoms with E-state index in [0.29, 0.717) is 16.5 Å². The normalized spacial score (nSPS) is 22.8. The Morgan fingerprint density at radius 2 is 1.86 bits per heavy atom. The Hall–Kier alpha value is -3.09. The number of benzene rings is 2. The average Bonchev–Trinajstić information content (AvgIpc) is 3.32. The second kappa shape index (κ2) is 9.66. The van der Waals surface area contributed by atoms with Crippen molar-refractivity contribution in [3.05, 3.63) is 82.5 Å². The molecule has 3 heterocycles. The van der Waals surface area contributed by atoms with E-state index in [-0.39, 0.29) is 19.1 Å². The molecule has 0 spiro atoms. The summed E-state index contributed by atoms with van der Waals surface area (Å²) in [7, 11) is 3.37. The first-order chi connectivity index (χ1) is 17.6. The highest BCUT2D eigenvalue weighted by Gasteiger charge is 2.42. The van der Waals surface area contributed by atoms with Crippen molar-refractivity contribution in [2.24, 2.45) is 11.5 Å². The van der Waals surface area contributed by atoms with E-state index in [4.69, 9.17) is 32.5 Å². The highest BCUT2D eigenvalue weighted by atomic mass is 35.5. The van der Waals surface area contributed by atoms with E-state index in [1.165, 1.54) is 12.1 Å². The van der Waals surface area contributed by atoms with Gasteiger partial charge in [-0.2, -0.15) is 13.2 Å². The molecule has 3 aromatic rings. The van der Waals surface area contributed by atoms with E-state index in [0.717, 1.165) is 34.8 Å². The van der Waals surface area contributed by atoms with Gasteiger partial charge in [0.2, 0.25) is 0 Å². The van der Waals surface area contributed by atoms with E-state index in [9.17, 15) is 13.2 Å². The Kier molecular flexibility index (Phi) is 6.67. The lowest BCUT2D eigenvalue weighted by atomic mass is 9.87. The van der Waals surface area contributed by atoms with Gasteiger partial charge in [-0.1, -0.05) is 23.7 Å². The van der Waals surface area contributed by atoms with Gasteiger partial charge in [0.25, 0.3) is 0 Å². The first-order valence-corrected chi connectivity index (χ1v) is 11.9. The highest BCUT2D eigenvalue weighted by molar-refractivity contribution is 6.29. The summed E-state index contributed by atoms with van der Waals surface area (Å²) in [5.41, 5.74) is 16.3. The van der Waals surface area contributed by atoms with E-state index < -0.39 is 24.2 Å². The van der Waals surface area contributed by atoms with E-state index in [1.54, 1.807) is 24.2 Å². The quantitative estimate of drug-likeness (QED) is 0.524. The summed E-state index contributed by atoms with van der Waals surface area (Å²) in [6, 6.07) is 10.7. The maximum Gasteiger partial charge on any atom is 0.416 e. The second-order valence-electron chi connectivity index (χ2n) is 8.95. The lowest BCUT2D eigenvalue weighted by Crippen LogP contribution is -2.64. The van der Waals surface area contributed by atoms with Crippen LogP contribution in [0, 0.1) is 0 Å². The number of alkyl halides is 3. The molecule has 0 aliphatic carbocycles. The van der Waals surface area contributed by atoms with Crippen molar-refractivity contribution in [2.45, 2.75) is 24.5 Å². The first-order valence-electron chi connectivity index (χ1n) is 11.5. The molecule has 0 fully saturated rings. The van der Waals surface area contributed by atoms with Crippen molar-refractivity contribution in [2.75, 3.05) is 32.3 Å². The van der Waals surface area contributed by atoms with E-state index >= 15 is 0 Å². The fourth-order valence-corrected chi connectivity index (χ4v) is 5.02. The van der Waals surface area contributed by atoms with Crippen molar-refractivity contribution in [1.82, 2.24) is 14.5 Å². The van der Waals surface area contributed by atoms with Crippen LogP contribution in [0.15, 0.2) is 66.3 Å². The number of methoxy groups -OCH3 is 1. The van der Waals surface area contributed by atoms with Gasteiger partial charge in [0.15, 0.2) is 0 Å². The molecule has 0 amide bonds. The lowest BCUT2D eigenvalue weighted by molar-refractivity contribution is -0.137. The summed E-state index contributed by atoms with van der Waals surface area (Å²) in [4.78, 5) is 7.81. The Balaban J connectivity index is 1.61. The number of halogens is 4. The van der Waals surface area contributed by atoms with Crippen LogP contribution in [-0.4, -0.2) is 54.3 Å². The third kappa shape index (κ3) is 4.57. The van der Waals surface area contributed by atoms with Gasteiger partial charge in [-0.25, -0.2) is 4.98 Å². The minimum absolute atomic E-state index is 0.270. The molecule has 4 N–H and O–H groups in total. The summed E-state index contributed by atoms with van der Waals surface area (Å²) in [5, 5.41) is 0.344. The van der Waals surface area contributed by atoms with Gasteiger partial charge in [0, 0.05) is 35.1 Å². The van der Waals surface area contributed by atoms with Gasteiger partial charge >= 0.3 is 6.18 Å². The van der Waals surface area contributed by atoms with Crippen molar-refractivity contribution < 1.29 is 22.6 Å². The van der Waals surface area contributed by atoms with Gasteiger partial charge in [0.05, 0.1) is 37.7 Å². The van der Waals surface area contributed by atoms with Crippen LogP contribution in [0.4, 0.5) is 18.9 Å². The molecule has 2 aliphatic heterocycles. The minimum atomic E-state index is -4.42. The Bertz CT molecular complexity index is 1330. The molecule has 37 heavy (non-hydrogen) atoms. The number of aromatic nitrogens is 2. The topological polar surface area (TPSA) is 94.8 Å². The van der Waals surface area contributed by atoms with Crippen LogP contribution >= 0.6 is 11.6 Å². The van der Waals surface area contributed by atoms with Crippen molar-refractivity contribution in [1.29, 1.82) is 0 Å². The summed E-state index contributed by atoms with van der Waals surface area (Å²) in [6.45, 7) is 0.552. The molecule has 1 aromatic heterocycles. The fraction of sp³-hybridized carbons (Fsp3) is 0.320. The predicted molar refractivity (Wildman–Crippen MR) is 133 cm³/mol. The maximum atomic E-state index is 13.2. The number of nitrogens with zero attached hydrogens (tertiary/aromatic N) is 4. The molecule has 0 saturated carbocycles. The van der Waals surface area contributed by atoms with Gasteiger partial charge in [-0.15, -0.1) is 0 Å². The summed E-state index contributed by atoms with van der Waals surface area (Å²) < 4.78 is 52.8. The van der Waals surface area contributed by atoms with E-state index in [1.807, 2.05) is 35.0 Å². The molecule has 3 atom stereocenters. The summed E-state index contributed by atoms with van der Waals surface area (Å²) >= 11 is 6.00. The number of hydrogen-bond donors (Lipinski definition) is 2. The monoisotopic (exact) mass is 534 g/mol. The fourth-order valence-electron chi connectivity index (χ4n) is 4.87. The van der Waals surface area contributed by atoms with E-state index in [2.05, 4.69) is 4.98 Å². The minimum Gasteiger partial charge on any atom is -0.494 e. The standard InChI is InChI=1S/C25H26ClF3N6O2/c1-33-23(30)18-12-37-11-17(14-3-5-15(6-4-14)25(27,28)29)22(18)35(24(33)31)16-7-8-19(20(9-16)36-2)34-10-21(26)32-13-34/h3-10,13,17,23-24H,11-12,30-31H2,1-2H3. The second-order valence-corrected chi connectivity index (χ2v) is 9.34. The maximum absolute atomic E-state index is 13.2. The number of likely N-dealkylation sites (N-methyl/N-ethyl adjacent to an activating group) is 1. The summed E-state index contributed by atoms with van der Waals surface area (Å²) in [6.07, 6.45) is -2.35. The molecular weight excluding hydrogens is 509 g/mol. The molecule has 0 radical (unpaired) electrons. The number of ether oxygens (including phenoxy) is 2. The van der Waals surface area contributed by atoms with Gasteiger partial charge in [-0.05, 0) is 36.9 Å². The van der Waals surface area contributed by atoms with Gasteiger partial charge < -0.3 is 24.7 Å². The third-order valence-corrected chi connectivity index (χ3v) is 7.04. The molecule has 0 saturated heterocycles. The van der Waals surface area contributed by atoms with Gasteiger partial charge in [0.1, 0.15) is 23.5 Å². The zero-order chi connectivity index (χ0) is 26.5. The Labute approximate surface area is 216 Å². The smallest absolute Gasteiger partial charge is 0.416 e. The SMILES string of the molecule is COc1cc(N2C3=C(COCC3c3ccc(C(F)(F)F)cc3)C(N)N(C)C2N)ccc1-n1cnc(Cl)c1. The Morgan fingerprint density at radius 1 is 1.14 bits per heavy atom. The first kappa shape index (κ1) is 25.6. The van der Waals surface area contributed by atoms with Crippen LogP contribution in [0.3, 0.4) is 0 Å². The third-order valence-electron chi connectivity index (χ3n) is 6.85. The molecule has 3 unspecified atom stereocenters. The number of anilines is 1. The molecule has 2 aromatic carbocycles. The van der Waals surface area contributed by atoms with Crippen LogP contribution in [-0.2, 0) is 10.9 Å². The Morgan fingerprint density at radius 3 is 2.49 bits per heavy atom. The molecule has 8 nitrogen and oxygen atoms in total. The summed E-state index contributed by atoms with van der Waals surface area (Å²) in [5.74, 6) is 0.173. The van der Waals surface area contributed by atoms with Crippen molar-refractivity contribution in [3.8, 4) is 11.4 Å². The number of nitrogens with two attached hydrogens (primary N) is 2. The number of hydrogen-bond acceptors (Lipinski definition) is 7. The number of imidazole rings is 1. The van der Waals surface area contributed by atoms with Crippen LogP contribution in [0.25, 0.3) is 5.69 Å². The molecule has 2 aliphatic rings. The van der Waals surface area contributed by atoms with Crippen LogP contribution in [0.5, 0.6) is 5.75 Å².